The van der Waals surface area contributed by atoms with E-state index in [0.717, 1.165) is 12.8 Å². The van der Waals surface area contributed by atoms with E-state index in [1.165, 1.54) is 17.8 Å². The fourth-order valence-corrected chi connectivity index (χ4v) is 3.85. The fourth-order valence-electron chi connectivity index (χ4n) is 3.09. The van der Waals surface area contributed by atoms with Gasteiger partial charge in [0, 0.05) is 17.7 Å². The summed E-state index contributed by atoms with van der Waals surface area (Å²) >= 11 is 7.45. The van der Waals surface area contributed by atoms with E-state index in [-0.39, 0.29) is 41.5 Å². The van der Waals surface area contributed by atoms with Crippen LogP contribution in [-0.4, -0.2) is 38.2 Å². The molecule has 0 N–H and O–H groups in total. The third-order valence-corrected chi connectivity index (χ3v) is 5.86. The molecular formula is C20H17ClN4O4S. The molecule has 2 aromatic carbocycles. The number of hydrogen-bond donors (Lipinski definition) is 0. The third-order valence-electron chi connectivity index (χ3n) is 4.75. The Morgan fingerprint density at radius 3 is 2.73 bits per heavy atom. The van der Waals surface area contributed by atoms with Gasteiger partial charge < -0.3 is 9.32 Å². The van der Waals surface area contributed by atoms with Gasteiger partial charge in [0.05, 0.1) is 26.9 Å². The average molecular weight is 445 g/mol. The molecule has 1 saturated carbocycles. The van der Waals surface area contributed by atoms with Gasteiger partial charge in [-0.1, -0.05) is 23.7 Å². The Bertz CT molecular complexity index is 1120. The van der Waals surface area contributed by atoms with Gasteiger partial charge in [-0.3, -0.25) is 14.9 Å². The maximum atomic E-state index is 13.1. The fraction of sp³-hybridized carbons (Fsp3) is 0.250. The van der Waals surface area contributed by atoms with Gasteiger partial charge in [-0.15, -0.1) is 22.0 Å². The minimum Gasteiger partial charge on any atom is -0.419 e. The van der Waals surface area contributed by atoms with Gasteiger partial charge in [0.25, 0.3) is 11.6 Å². The van der Waals surface area contributed by atoms with Crippen LogP contribution in [0.4, 0.5) is 5.69 Å². The first-order chi connectivity index (χ1) is 14.5. The summed E-state index contributed by atoms with van der Waals surface area (Å²) in [6.07, 6.45) is 3.48. The zero-order chi connectivity index (χ0) is 21.3. The van der Waals surface area contributed by atoms with Gasteiger partial charge in [-0.05, 0) is 43.4 Å². The van der Waals surface area contributed by atoms with E-state index < -0.39 is 4.92 Å². The third kappa shape index (κ3) is 4.17. The number of benzene rings is 2. The minimum atomic E-state index is -0.474. The second-order valence-corrected chi connectivity index (χ2v) is 8.04. The zero-order valence-corrected chi connectivity index (χ0v) is 17.5. The van der Waals surface area contributed by atoms with Crippen molar-refractivity contribution in [2.75, 3.05) is 6.26 Å². The van der Waals surface area contributed by atoms with E-state index in [1.54, 1.807) is 41.5 Å². The van der Waals surface area contributed by atoms with Crippen molar-refractivity contribution in [2.24, 2.45) is 0 Å². The largest absolute Gasteiger partial charge is 0.419 e. The summed E-state index contributed by atoms with van der Waals surface area (Å²) in [5, 5.41) is 19.9. The number of carbonyl (C=O) groups excluding carboxylic acids is 1. The Labute approximate surface area is 181 Å². The summed E-state index contributed by atoms with van der Waals surface area (Å²) in [5.41, 5.74) is 0.797. The lowest BCUT2D eigenvalue weighted by Crippen LogP contribution is -2.32. The molecule has 1 heterocycles. The minimum absolute atomic E-state index is 0.0486. The monoisotopic (exact) mass is 444 g/mol. The quantitative estimate of drug-likeness (QED) is 0.292. The maximum Gasteiger partial charge on any atom is 0.283 e. The molecule has 154 valence electrons. The number of halogens is 1. The average Bonchev–Trinajstić information content (AvgIpc) is 3.49. The highest BCUT2D eigenvalue weighted by Gasteiger charge is 2.35. The van der Waals surface area contributed by atoms with Crippen molar-refractivity contribution in [3.63, 3.8) is 0 Å². The summed E-state index contributed by atoms with van der Waals surface area (Å²) in [6, 6.07) is 11.7. The number of nitro groups is 1. The molecule has 0 unspecified atom stereocenters. The molecule has 3 aromatic rings. The predicted octanol–water partition coefficient (Wildman–Crippen LogP) is 4.82. The molecule has 0 radical (unpaired) electrons. The highest BCUT2D eigenvalue weighted by molar-refractivity contribution is 7.98. The standard InChI is InChI=1S/C20H17ClN4O4S/c1-30-17-9-6-12(10-16(17)25(27)28)20(26)24(13-7-8-13)11-18-22-23-19(29-18)14-4-2-3-5-15(14)21/h2-6,9-10,13H,7-8,11H2,1H3. The Balaban J connectivity index is 1.58. The number of aromatic nitrogens is 2. The molecule has 1 aliphatic carbocycles. The maximum absolute atomic E-state index is 13.1. The molecule has 1 aromatic heterocycles. The van der Waals surface area contributed by atoms with Crippen molar-refractivity contribution < 1.29 is 14.1 Å². The predicted molar refractivity (Wildman–Crippen MR) is 113 cm³/mol. The SMILES string of the molecule is CSc1ccc(C(=O)N(Cc2nnc(-c3ccccc3Cl)o2)C2CC2)cc1[N+](=O)[O-]. The number of nitro benzene ring substituents is 1. The van der Waals surface area contributed by atoms with Crippen LogP contribution in [0.2, 0.25) is 5.02 Å². The van der Waals surface area contributed by atoms with Crippen molar-refractivity contribution in [3.8, 4) is 11.5 Å². The van der Waals surface area contributed by atoms with Crippen LogP contribution in [-0.2, 0) is 6.54 Å². The summed E-state index contributed by atoms with van der Waals surface area (Å²) in [5.74, 6) is 0.255. The van der Waals surface area contributed by atoms with E-state index in [4.69, 9.17) is 16.0 Å². The summed E-state index contributed by atoms with van der Waals surface area (Å²) < 4.78 is 5.73. The van der Waals surface area contributed by atoms with Crippen molar-refractivity contribution in [1.82, 2.24) is 15.1 Å². The van der Waals surface area contributed by atoms with Crippen LogP contribution in [0.25, 0.3) is 11.5 Å². The van der Waals surface area contributed by atoms with Gasteiger partial charge in [0.1, 0.15) is 0 Å². The molecule has 1 amide bonds. The van der Waals surface area contributed by atoms with Crippen LogP contribution < -0.4 is 0 Å². The smallest absolute Gasteiger partial charge is 0.283 e. The molecule has 0 aliphatic heterocycles. The highest BCUT2D eigenvalue weighted by Crippen LogP contribution is 2.33. The molecule has 0 saturated heterocycles. The summed E-state index contributed by atoms with van der Waals surface area (Å²) in [7, 11) is 0. The molecule has 0 bridgehead atoms. The van der Waals surface area contributed by atoms with Gasteiger partial charge >= 0.3 is 0 Å². The van der Waals surface area contributed by atoms with Crippen LogP contribution in [0.3, 0.4) is 0 Å². The molecule has 0 atom stereocenters. The van der Waals surface area contributed by atoms with Gasteiger partial charge in [-0.2, -0.15) is 0 Å². The van der Waals surface area contributed by atoms with E-state index in [9.17, 15) is 14.9 Å². The van der Waals surface area contributed by atoms with Gasteiger partial charge in [0.15, 0.2) is 0 Å². The molecule has 1 fully saturated rings. The first-order valence-electron chi connectivity index (χ1n) is 9.18. The number of carbonyl (C=O) groups is 1. The molecule has 8 nitrogen and oxygen atoms in total. The molecule has 30 heavy (non-hydrogen) atoms. The van der Waals surface area contributed by atoms with Crippen LogP contribution >= 0.6 is 23.4 Å². The second kappa shape index (κ2) is 8.45. The first kappa shape index (κ1) is 20.4. The number of nitrogens with zero attached hydrogens (tertiary/aromatic N) is 4. The Hall–Kier alpha value is -2.91. The lowest BCUT2D eigenvalue weighted by Gasteiger charge is -2.20. The van der Waals surface area contributed by atoms with Crippen LogP contribution in [0, 0.1) is 10.1 Å². The van der Waals surface area contributed by atoms with Crippen LogP contribution in [0.5, 0.6) is 0 Å². The van der Waals surface area contributed by atoms with E-state index in [0.29, 0.717) is 15.5 Å². The van der Waals surface area contributed by atoms with Crippen molar-refractivity contribution in [2.45, 2.75) is 30.3 Å². The second-order valence-electron chi connectivity index (χ2n) is 6.79. The molecule has 1 aliphatic rings. The van der Waals surface area contributed by atoms with Gasteiger partial charge in [0.2, 0.25) is 11.8 Å². The normalized spacial score (nSPS) is 13.3. The number of amides is 1. The Kier molecular flexibility index (Phi) is 5.74. The zero-order valence-electron chi connectivity index (χ0n) is 15.9. The Morgan fingerprint density at radius 2 is 2.07 bits per heavy atom. The Morgan fingerprint density at radius 1 is 1.30 bits per heavy atom. The van der Waals surface area contributed by atoms with Crippen molar-refractivity contribution >= 4 is 35.0 Å². The van der Waals surface area contributed by atoms with Crippen LogP contribution in [0.1, 0.15) is 29.1 Å². The van der Waals surface area contributed by atoms with Crippen molar-refractivity contribution in [1.29, 1.82) is 0 Å². The lowest BCUT2D eigenvalue weighted by atomic mass is 10.1. The summed E-state index contributed by atoms with van der Waals surface area (Å²) in [6.45, 7) is 0.124. The van der Waals surface area contributed by atoms with E-state index in [2.05, 4.69) is 10.2 Å². The molecule has 0 spiro atoms. The number of thioether (sulfide) groups is 1. The van der Waals surface area contributed by atoms with E-state index >= 15 is 0 Å². The highest BCUT2D eigenvalue weighted by atomic mass is 35.5. The topological polar surface area (TPSA) is 102 Å². The van der Waals surface area contributed by atoms with E-state index in [1.807, 2.05) is 6.07 Å². The lowest BCUT2D eigenvalue weighted by molar-refractivity contribution is -0.387. The molecule has 10 heteroatoms. The van der Waals surface area contributed by atoms with Crippen LogP contribution in [0.15, 0.2) is 51.8 Å². The first-order valence-corrected chi connectivity index (χ1v) is 10.8. The van der Waals surface area contributed by atoms with Gasteiger partial charge in [-0.25, -0.2) is 0 Å². The number of hydrogen-bond acceptors (Lipinski definition) is 7. The number of rotatable bonds is 7. The molecule has 4 rings (SSSR count). The van der Waals surface area contributed by atoms with Crippen molar-refractivity contribution in [3.05, 3.63) is 69.1 Å². The summed E-state index contributed by atoms with van der Waals surface area (Å²) in [4.78, 5) is 26.1. The molecular weight excluding hydrogens is 428 g/mol.